The standard InChI is InChI=1S/C17H13F6NO2S/c1-2-27-14-8-10(17(21,22)23)3-5-11(14)15(26)24-12-7-9(16(18,19)20)4-6-13(12)25/h3-8,25H,2H2,1H3,(H,24,26). The van der Waals surface area contributed by atoms with Crippen LogP contribution in [0.3, 0.4) is 0 Å². The van der Waals surface area contributed by atoms with Crippen molar-refractivity contribution < 1.29 is 36.2 Å². The van der Waals surface area contributed by atoms with E-state index in [1.807, 2.05) is 0 Å². The number of carbonyl (C=O) groups excluding carboxylic acids is 1. The molecule has 146 valence electrons. The first kappa shape index (κ1) is 20.9. The Kier molecular flexibility index (Phi) is 5.98. The summed E-state index contributed by atoms with van der Waals surface area (Å²) in [6, 6.07) is 4.41. The third-order valence-electron chi connectivity index (χ3n) is 3.43. The van der Waals surface area contributed by atoms with Gasteiger partial charge in [-0.2, -0.15) is 26.3 Å². The summed E-state index contributed by atoms with van der Waals surface area (Å²) in [5, 5.41) is 11.8. The molecule has 0 aromatic heterocycles. The number of thioether (sulfide) groups is 1. The molecule has 2 aromatic rings. The van der Waals surface area contributed by atoms with Crippen LogP contribution in [0.25, 0.3) is 0 Å². The number of nitrogens with one attached hydrogen (secondary N) is 1. The lowest BCUT2D eigenvalue weighted by molar-refractivity contribution is -0.138. The summed E-state index contributed by atoms with van der Waals surface area (Å²) >= 11 is 0.979. The number of rotatable bonds is 4. The molecule has 0 fully saturated rings. The second kappa shape index (κ2) is 7.71. The van der Waals surface area contributed by atoms with E-state index in [0.717, 1.165) is 30.0 Å². The number of anilines is 1. The topological polar surface area (TPSA) is 49.3 Å². The van der Waals surface area contributed by atoms with Gasteiger partial charge < -0.3 is 10.4 Å². The van der Waals surface area contributed by atoms with Crippen molar-refractivity contribution in [1.82, 2.24) is 0 Å². The van der Waals surface area contributed by atoms with Crippen LogP contribution < -0.4 is 5.32 Å². The lowest BCUT2D eigenvalue weighted by Crippen LogP contribution is -2.15. The lowest BCUT2D eigenvalue weighted by Gasteiger charge is -2.14. The number of amides is 1. The van der Waals surface area contributed by atoms with Gasteiger partial charge in [0.25, 0.3) is 5.91 Å². The first-order chi connectivity index (χ1) is 12.4. The number of carbonyl (C=O) groups is 1. The van der Waals surface area contributed by atoms with Crippen LogP contribution in [0.2, 0.25) is 0 Å². The monoisotopic (exact) mass is 409 g/mol. The Morgan fingerprint density at radius 2 is 1.56 bits per heavy atom. The maximum absolute atomic E-state index is 12.8. The molecule has 2 N–H and O–H groups in total. The van der Waals surface area contributed by atoms with Crippen molar-refractivity contribution in [1.29, 1.82) is 0 Å². The minimum atomic E-state index is -4.69. The van der Waals surface area contributed by atoms with Gasteiger partial charge >= 0.3 is 12.4 Å². The van der Waals surface area contributed by atoms with Crippen molar-refractivity contribution >= 4 is 23.4 Å². The molecule has 0 heterocycles. The molecule has 0 atom stereocenters. The normalized spacial score (nSPS) is 12.1. The van der Waals surface area contributed by atoms with Gasteiger partial charge in [-0.05, 0) is 42.2 Å². The highest BCUT2D eigenvalue weighted by Crippen LogP contribution is 2.36. The molecule has 0 radical (unpaired) electrons. The van der Waals surface area contributed by atoms with Gasteiger partial charge in [-0.1, -0.05) is 6.92 Å². The fourth-order valence-electron chi connectivity index (χ4n) is 2.16. The van der Waals surface area contributed by atoms with Crippen molar-refractivity contribution in [3.63, 3.8) is 0 Å². The van der Waals surface area contributed by atoms with Crippen LogP contribution in [0.5, 0.6) is 5.75 Å². The molecule has 0 unspecified atom stereocenters. The Bertz CT molecular complexity index is 848. The van der Waals surface area contributed by atoms with Crippen LogP contribution in [0, 0.1) is 0 Å². The molecule has 2 rings (SSSR count). The quantitative estimate of drug-likeness (QED) is 0.382. The van der Waals surface area contributed by atoms with E-state index in [9.17, 15) is 36.2 Å². The van der Waals surface area contributed by atoms with Crippen LogP contribution >= 0.6 is 11.8 Å². The molecule has 10 heteroatoms. The SMILES string of the molecule is CCSc1cc(C(F)(F)F)ccc1C(=O)Nc1cc(C(F)(F)F)ccc1O. The molecule has 27 heavy (non-hydrogen) atoms. The first-order valence-electron chi connectivity index (χ1n) is 7.49. The van der Waals surface area contributed by atoms with Crippen molar-refractivity contribution in [3.05, 3.63) is 53.1 Å². The number of phenolic OH excluding ortho intramolecular Hbond substituents is 1. The zero-order chi connectivity index (χ0) is 20.4. The van der Waals surface area contributed by atoms with E-state index in [2.05, 4.69) is 5.32 Å². The lowest BCUT2D eigenvalue weighted by atomic mass is 10.1. The van der Waals surface area contributed by atoms with Gasteiger partial charge in [0.2, 0.25) is 0 Å². The Balaban J connectivity index is 2.38. The molecule has 0 saturated heterocycles. The molecule has 0 bridgehead atoms. The molecule has 0 aliphatic carbocycles. The van der Waals surface area contributed by atoms with Crippen LogP contribution in [0.15, 0.2) is 41.3 Å². The van der Waals surface area contributed by atoms with Gasteiger partial charge in [-0.15, -0.1) is 11.8 Å². The summed E-state index contributed by atoms with van der Waals surface area (Å²) in [4.78, 5) is 12.4. The number of aromatic hydroxyl groups is 1. The Morgan fingerprint density at radius 3 is 2.11 bits per heavy atom. The molecule has 1 amide bonds. The molecule has 0 saturated carbocycles. The highest BCUT2D eigenvalue weighted by Gasteiger charge is 2.33. The number of hydrogen-bond donors (Lipinski definition) is 2. The highest BCUT2D eigenvalue weighted by molar-refractivity contribution is 7.99. The number of phenols is 1. The van der Waals surface area contributed by atoms with Crippen molar-refractivity contribution in [3.8, 4) is 5.75 Å². The summed E-state index contributed by atoms with van der Waals surface area (Å²) in [5.74, 6) is -1.17. The number of alkyl halides is 6. The van der Waals surface area contributed by atoms with Crippen molar-refractivity contribution in [2.45, 2.75) is 24.2 Å². The second-order valence-corrected chi connectivity index (χ2v) is 6.63. The van der Waals surface area contributed by atoms with Crippen LogP contribution in [0.1, 0.15) is 28.4 Å². The summed E-state index contributed by atoms with van der Waals surface area (Å²) in [6.45, 7) is 1.67. The highest BCUT2D eigenvalue weighted by atomic mass is 32.2. The van der Waals surface area contributed by atoms with Gasteiger partial charge in [-0.25, -0.2) is 0 Å². The average Bonchev–Trinajstić information content (AvgIpc) is 2.55. The van der Waals surface area contributed by atoms with E-state index < -0.39 is 40.8 Å². The molecule has 0 spiro atoms. The number of benzene rings is 2. The van der Waals surface area contributed by atoms with E-state index >= 15 is 0 Å². The molecular formula is C17H13F6NO2S. The first-order valence-corrected chi connectivity index (χ1v) is 8.47. The predicted molar refractivity (Wildman–Crippen MR) is 88.9 cm³/mol. The van der Waals surface area contributed by atoms with E-state index in [0.29, 0.717) is 24.0 Å². The second-order valence-electron chi connectivity index (χ2n) is 5.33. The minimum absolute atomic E-state index is 0.0243. The Labute approximate surface area is 154 Å². The Hall–Kier alpha value is -2.36. The zero-order valence-electron chi connectivity index (χ0n) is 13.7. The van der Waals surface area contributed by atoms with Crippen LogP contribution in [-0.2, 0) is 12.4 Å². The maximum atomic E-state index is 12.8. The smallest absolute Gasteiger partial charge is 0.416 e. The molecular weight excluding hydrogens is 396 g/mol. The third kappa shape index (κ3) is 5.09. The van der Waals surface area contributed by atoms with E-state index in [1.54, 1.807) is 6.92 Å². The average molecular weight is 409 g/mol. The van der Waals surface area contributed by atoms with Crippen LogP contribution in [-0.4, -0.2) is 16.8 Å². The zero-order valence-corrected chi connectivity index (χ0v) is 14.5. The molecule has 0 aliphatic heterocycles. The van der Waals surface area contributed by atoms with Gasteiger partial charge in [0.05, 0.1) is 22.4 Å². The Morgan fingerprint density at radius 1 is 1.00 bits per heavy atom. The van der Waals surface area contributed by atoms with Gasteiger partial charge in [-0.3, -0.25) is 4.79 Å². The fraction of sp³-hybridized carbons (Fsp3) is 0.235. The molecule has 0 aliphatic rings. The van der Waals surface area contributed by atoms with Crippen molar-refractivity contribution in [2.75, 3.05) is 11.1 Å². The molecule has 2 aromatic carbocycles. The van der Waals surface area contributed by atoms with Crippen molar-refractivity contribution in [2.24, 2.45) is 0 Å². The molecule has 3 nitrogen and oxygen atoms in total. The minimum Gasteiger partial charge on any atom is -0.506 e. The van der Waals surface area contributed by atoms with E-state index in [-0.39, 0.29) is 10.5 Å². The summed E-state index contributed by atoms with van der Waals surface area (Å²) in [6.07, 6.45) is -9.29. The van der Waals surface area contributed by atoms with E-state index in [4.69, 9.17) is 0 Å². The fourth-order valence-corrected chi connectivity index (χ4v) is 3.00. The largest absolute Gasteiger partial charge is 0.506 e. The predicted octanol–water partition coefficient (Wildman–Crippen LogP) is 5.79. The summed E-state index contributed by atoms with van der Waals surface area (Å²) in [5.41, 5.74) is -2.68. The van der Waals surface area contributed by atoms with Crippen LogP contribution in [0.4, 0.5) is 32.0 Å². The van der Waals surface area contributed by atoms with Gasteiger partial charge in [0.1, 0.15) is 5.75 Å². The summed E-state index contributed by atoms with van der Waals surface area (Å²) < 4.78 is 76.9. The van der Waals surface area contributed by atoms with Gasteiger partial charge in [0.15, 0.2) is 0 Å². The number of halogens is 6. The summed E-state index contributed by atoms with van der Waals surface area (Å²) in [7, 11) is 0. The maximum Gasteiger partial charge on any atom is 0.416 e. The van der Waals surface area contributed by atoms with E-state index in [1.165, 1.54) is 0 Å². The number of hydrogen-bond acceptors (Lipinski definition) is 3. The third-order valence-corrected chi connectivity index (χ3v) is 4.36. The van der Waals surface area contributed by atoms with Gasteiger partial charge in [0, 0.05) is 4.90 Å².